The van der Waals surface area contributed by atoms with Gasteiger partial charge in [-0.25, -0.2) is 4.39 Å². The summed E-state index contributed by atoms with van der Waals surface area (Å²) in [5.74, 6) is -0.313. The number of allylic oxidation sites excluding steroid dienone is 2. The van der Waals surface area contributed by atoms with Gasteiger partial charge < -0.3 is 4.74 Å². The van der Waals surface area contributed by atoms with Gasteiger partial charge in [-0.15, -0.1) is 0 Å². The summed E-state index contributed by atoms with van der Waals surface area (Å²) in [7, 11) is 0. The molecule has 0 aromatic heterocycles. The number of benzene rings is 3. The van der Waals surface area contributed by atoms with E-state index in [1.165, 1.54) is 23.8 Å². The molecular formula is C25H23F3O. The molecule has 0 atom stereocenters. The van der Waals surface area contributed by atoms with Crippen LogP contribution in [0.4, 0.5) is 13.2 Å². The minimum Gasteiger partial charge on any atom is -0.435 e. The lowest BCUT2D eigenvalue weighted by Crippen LogP contribution is -2.01. The van der Waals surface area contributed by atoms with E-state index < -0.39 is 6.61 Å². The molecule has 0 amide bonds. The molecule has 0 unspecified atom stereocenters. The highest BCUT2D eigenvalue weighted by Crippen LogP contribution is 2.29. The standard InChI is InChI=1S/C25H23F3O/c1-2-3-4-5-6-18-7-9-19(10-8-18)21-13-16-23(24(26)17-21)20-11-14-22(15-12-20)29-25(27)28/h2-3,7-17,25H,4-6H2,1H3. The van der Waals surface area contributed by atoms with Crippen molar-refractivity contribution in [1.82, 2.24) is 0 Å². The summed E-state index contributed by atoms with van der Waals surface area (Å²) in [5.41, 5.74) is 4.03. The summed E-state index contributed by atoms with van der Waals surface area (Å²) in [5, 5.41) is 0. The first kappa shape index (κ1) is 20.7. The van der Waals surface area contributed by atoms with Crippen LogP contribution in [-0.4, -0.2) is 6.61 Å². The summed E-state index contributed by atoms with van der Waals surface area (Å²) in [4.78, 5) is 0. The molecule has 0 aliphatic rings. The SMILES string of the molecule is CC=CCCCc1ccc(-c2ccc(-c3ccc(OC(F)F)cc3)c(F)c2)cc1. The van der Waals surface area contributed by atoms with Gasteiger partial charge in [0, 0.05) is 5.56 Å². The van der Waals surface area contributed by atoms with Crippen LogP contribution >= 0.6 is 0 Å². The van der Waals surface area contributed by atoms with Gasteiger partial charge in [-0.2, -0.15) is 8.78 Å². The topological polar surface area (TPSA) is 9.23 Å². The average Bonchev–Trinajstić information content (AvgIpc) is 2.72. The van der Waals surface area contributed by atoms with E-state index in [9.17, 15) is 13.2 Å². The van der Waals surface area contributed by atoms with Crippen molar-refractivity contribution in [1.29, 1.82) is 0 Å². The summed E-state index contributed by atoms with van der Waals surface area (Å²) in [6.45, 7) is -0.854. The van der Waals surface area contributed by atoms with Crippen LogP contribution in [0.3, 0.4) is 0 Å². The molecule has 3 aromatic carbocycles. The smallest absolute Gasteiger partial charge is 0.387 e. The largest absolute Gasteiger partial charge is 0.435 e. The molecule has 0 aliphatic heterocycles. The van der Waals surface area contributed by atoms with Gasteiger partial charge in [0.05, 0.1) is 0 Å². The van der Waals surface area contributed by atoms with Crippen molar-refractivity contribution in [2.45, 2.75) is 32.8 Å². The van der Waals surface area contributed by atoms with Gasteiger partial charge in [0.15, 0.2) is 0 Å². The van der Waals surface area contributed by atoms with Crippen LogP contribution in [0, 0.1) is 5.82 Å². The number of hydrogen-bond donors (Lipinski definition) is 0. The molecule has 0 N–H and O–H groups in total. The second-order valence-electron chi connectivity index (χ2n) is 6.76. The maximum atomic E-state index is 14.7. The van der Waals surface area contributed by atoms with E-state index in [0.29, 0.717) is 11.1 Å². The molecular weight excluding hydrogens is 373 g/mol. The third-order valence-corrected chi connectivity index (χ3v) is 4.72. The predicted octanol–water partition coefficient (Wildman–Crippen LogP) is 7.66. The van der Waals surface area contributed by atoms with Crippen molar-refractivity contribution in [2.75, 3.05) is 0 Å². The van der Waals surface area contributed by atoms with Gasteiger partial charge in [0.25, 0.3) is 0 Å². The van der Waals surface area contributed by atoms with E-state index in [1.54, 1.807) is 18.2 Å². The van der Waals surface area contributed by atoms with Gasteiger partial charge in [-0.1, -0.05) is 60.7 Å². The van der Waals surface area contributed by atoms with E-state index in [4.69, 9.17) is 0 Å². The Hall–Kier alpha value is -3.01. The Morgan fingerprint density at radius 3 is 2.14 bits per heavy atom. The molecule has 0 aliphatic carbocycles. The predicted molar refractivity (Wildman–Crippen MR) is 112 cm³/mol. The number of halogens is 3. The number of unbranched alkanes of at least 4 members (excludes halogenated alkanes) is 1. The minimum atomic E-state index is -2.88. The van der Waals surface area contributed by atoms with Gasteiger partial charge in [-0.3, -0.25) is 0 Å². The molecule has 4 heteroatoms. The average molecular weight is 396 g/mol. The lowest BCUT2D eigenvalue weighted by Gasteiger charge is -2.09. The molecule has 0 heterocycles. The Morgan fingerprint density at radius 1 is 0.862 bits per heavy atom. The number of rotatable bonds is 8. The van der Waals surface area contributed by atoms with Crippen molar-refractivity contribution in [3.8, 4) is 28.0 Å². The first-order valence-corrected chi connectivity index (χ1v) is 9.62. The zero-order chi connectivity index (χ0) is 20.6. The van der Waals surface area contributed by atoms with Crippen LogP contribution < -0.4 is 4.74 Å². The molecule has 3 aromatic rings. The second-order valence-corrected chi connectivity index (χ2v) is 6.76. The fraction of sp³-hybridized carbons (Fsp3) is 0.200. The molecule has 0 bridgehead atoms. The fourth-order valence-electron chi connectivity index (χ4n) is 3.20. The molecule has 3 rings (SSSR count). The maximum Gasteiger partial charge on any atom is 0.387 e. The molecule has 0 spiro atoms. The van der Waals surface area contributed by atoms with Crippen LogP contribution in [-0.2, 0) is 6.42 Å². The molecule has 29 heavy (non-hydrogen) atoms. The Morgan fingerprint density at radius 2 is 1.52 bits per heavy atom. The Labute approximate surface area is 169 Å². The van der Waals surface area contributed by atoms with Crippen molar-refractivity contribution in [3.05, 3.63) is 90.3 Å². The van der Waals surface area contributed by atoms with Gasteiger partial charge >= 0.3 is 6.61 Å². The van der Waals surface area contributed by atoms with Crippen molar-refractivity contribution in [3.63, 3.8) is 0 Å². The fourth-order valence-corrected chi connectivity index (χ4v) is 3.20. The van der Waals surface area contributed by atoms with Crippen molar-refractivity contribution < 1.29 is 17.9 Å². The lowest BCUT2D eigenvalue weighted by atomic mass is 9.98. The van der Waals surface area contributed by atoms with E-state index >= 15 is 0 Å². The summed E-state index contributed by atoms with van der Waals surface area (Å²) < 4.78 is 43.5. The van der Waals surface area contributed by atoms with Crippen LogP contribution in [0.25, 0.3) is 22.3 Å². The molecule has 1 nitrogen and oxygen atoms in total. The van der Waals surface area contributed by atoms with Gasteiger partial charge in [0.2, 0.25) is 0 Å². The van der Waals surface area contributed by atoms with Gasteiger partial charge in [-0.05, 0) is 66.6 Å². The van der Waals surface area contributed by atoms with E-state index in [0.717, 1.165) is 30.4 Å². The second kappa shape index (κ2) is 9.97. The molecule has 0 saturated carbocycles. The molecule has 0 radical (unpaired) electrons. The summed E-state index contributed by atoms with van der Waals surface area (Å²) >= 11 is 0. The highest BCUT2D eigenvalue weighted by Gasteiger charge is 2.09. The summed E-state index contributed by atoms with van der Waals surface area (Å²) in [6.07, 6.45) is 7.42. The van der Waals surface area contributed by atoms with E-state index in [2.05, 4.69) is 29.0 Å². The van der Waals surface area contributed by atoms with Crippen LogP contribution in [0.1, 0.15) is 25.3 Å². The van der Waals surface area contributed by atoms with Crippen LogP contribution in [0.15, 0.2) is 78.9 Å². The number of ether oxygens (including phenoxy) is 1. The zero-order valence-electron chi connectivity index (χ0n) is 16.2. The van der Waals surface area contributed by atoms with Crippen LogP contribution in [0.5, 0.6) is 5.75 Å². The maximum absolute atomic E-state index is 14.7. The molecule has 0 fully saturated rings. The van der Waals surface area contributed by atoms with Crippen LogP contribution in [0.2, 0.25) is 0 Å². The Kier molecular flexibility index (Phi) is 7.12. The normalized spacial score (nSPS) is 11.3. The zero-order valence-corrected chi connectivity index (χ0v) is 16.2. The summed E-state index contributed by atoms with van der Waals surface area (Å²) in [6, 6.07) is 19.2. The number of aryl methyl sites for hydroxylation is 1. The molecule has 150 valence electrons. The third kappa shape index (κ3) is 5.74. The lowest BCUT2D eigenvalue weighted by molar-refractivity contribution is -0.0498. The highest BCUT2D eigenvalue weighted by atomic mass is 19.3. The third-order valence-electron chi connectivity index (χ3n) is 4.72. The van der Waals surface area contributed by atoms with E-state index in [1.807, 2.05) is 25.1 Å². The first-order chi connectivity index (χ1) is 14.1. The number of hydrogen-bond acceptors (Lipinski definition) is 1. The van der Waals surface area contributed by atoms with E-state index in [-0.39, 0.29) is 11.6 Å². The van der Waals surface area contributed by atoms with Gasteiger partial charge in [0.1, 0.15) is 11.6 Å². The first-order valence-electron chi connectivity index (χ1n) is 9.62. The van der Waals surface area contributed by atoms with Crippen molar-refractivity contribution in [2.24, 2.45) is 0 Å². The number of alkyl halides is 2. The monoisotopic (exact) mass is 396 g/mol. The Balaban J connectivity index is 1.72. The minimum absolute atomic E-state index is 0.0478. The molecule has 0 saturated heterocycles. The van der Waals surface area contributed by atoms with Crippen molar-refractivity contribution >= 4 is 0 Å². The quantitative estimate of drug-likeness (QED) is 0.280. The Bertz CT molecular complexity index is 945. The highest BCUT2D eigenvalue weighted by molar-refractivity contribution is 5.71.